The van der Waals surface area contributed by atoms with Crippen molar-refractivity contribution in [2.75, 3.05) is 5.32 Å². The molecule has 0 saturated carbocycles. The van der Waals surface area contributed by atoms with Crippen LogP contribution in [0.5, 0.6) is 5.75 Å². The lowest BCUT2D eigenvalue weighted by atomic mass is 10.2. The number of hydrogen-bond acceptors (Lipinski definition) is 4. The van der Waals surface area contributed by atoms with E-state index >= 15 is 0 Å². The van der Waals surface area contributed by atoms with Gasteiger partial charge in [-0.3, -0.25) is 10.1 Å². The van der Waals surface area contributed by atoms with Crippen molar-refractivity contribution in [2.45, 2.75) is 0 Å². The molecule has 0 aliphatic rings. The summed E-state index contributed by atoms with van der Waals surface area (Å²) in [7, 11) is 0. The first-order chi connectivity index (χ1) is 8.33. The number of pyridine rings is 1. The second-order valence-electron chi connectivity index (χ2n) is 3.66. The summed E-state index contributed by atoms with van der Waals surface area (Å²) in [5, 5.41) is 19.3. The SMILES string of the molecule is Oc1ccc(Nc2ccnc3cn[nH]c23)cc1. The number of aromatic nitrogens is 3. The first-order valence-electron chi connectivity index (χ1n) is 5.17. The van der Waals surface area contributed by atoms with Crippen molar-refractivity contribution in [3.8, 4) is 5.75 Å². The van der Waals surface area contributed by atoms with Gasteiger partial charge in [0.25, 0.3) is 0 Å². The molecule has 0 atom stereocenters. The van der Waals surface area contributed by atoms with Crippen molar-refractivity contribution >= 4 is 22.4 Å². The third-order valence-corrected chi connectivity index (χ3v) is 2.49. The predicted octanol–water partition coefficient (Wildman–Crippen LogP) is 2.41. The molecule has 84 valence electrons. The molecule has 0 radical (unpaired) electrons. The highest BCUT2D eigenvalue weighted by molar-refractivity contribution is 5.88. The summed E-state index contributed by atoms with van der Waals surface area (Å²) in [5.74, 6) is 0.247. The van der Waals surface area contributed by atoms with Gasteiger partial charge in [0.15, 0.2) is 0 Å². The Morgan fingerprint density at radius 3 is 2.76 bits per heavy atom. The van der Waals surface area contributed by atoms with Gasteiger partial charge in [-0.05, 0) is 30.3 Å². The molecule has 0 amide bonds. The van der Waals surface area contributed by atoms with E-state index in [1.165, 1.54) is 0 Å². The molecule has 0 spiro atoms. The maximum absolute atomic E-state index is 9.21. The van der Waals surface area contributed by atoms with E-state index in [9.17, 15) is 5.11 Å². The molecular formula is C12H10N4O. The molecule has 3 rings (SSSR count). The molecule has 5 heteroatoms. The average molecular weight is 226 g/mol. The van der Waals surface area contributed by atoms with E-state index in [-0.39, 0.29) is 5.75 Å². The summed E-state index contributed by atoms with van der Waals surface area (Å²) in [4.78, 5) is 4.18. The maximum Gasteiger partial charge on any atom is 0.115 e. The topological polar surface area (TPSA) is 73.8 Å². The molecular weight excluding hydrogens is 216 g/mol. The van der Waals surface area contributed by atoms with Crippen LogP contribution < -0.4 is 5.32 Å². The Morgan fingerprint density at radius 2 is 1.94 bits per heavy atom. The predicted molar refractivity (Wildman–Crippen MR) is 65.3 cm³/mol. The first kappa shape index (κ1) is 9.65. The zero-order valence-electron chi connectivity index (χ0n) is 8.88. The number of H-pyrrole nitrogens is 1. The largest absolute Gasteiger partial charge is 0.508 e. The third-order valence-electron chi connectivity index (χ3n) is 2.49. The number of fused-ring (bicyclic) bond motifs is 1. The van der Waals surface area contributed by atoms with E-state index in [1.54, 1.807) is 36.7 Å². The Hall–Kier alpha value is -2.56. The van der Waals surface area contributed by atoms with E-state index in [0.717, 1.165) is 22.4 Å². The molecule has 3 N–H and O–H groups in total. The average Bonchev–Trinajstić information content (AvgIpc) is 2.81. The number of nitrogens with zero attached hydrogens (tertiary/aromatic N) is 2. The van der Waals surface area contributed by atoms with Crippen LogP contribution in [0.3, 0.4) is 0 Å². The molecule has 0 bridgehead atoms. The Labute approximate surface area is 97.1 Å². The van der Waals surface area contributed by atoms with Crippen LogP contribution in [0.2, 0.25) is 0 Å². The Kier molecular flexibility index (Phi) is 2.15. The Balaban J connectivity index is 1.99. The normalized spacial score (nSPS) is 10.6. The van der Waals surface area contributed by atoms with Gasteiger partial charge in [0.05, 0.1) is 11.9 Å². The first-order valence-corrected chi connectivity index (χ1v) is 5.17. The number of anilines is 2. The van der Waals surface area contributed by atoms with Crippen molar-refractivity contribution in [1.29, 1.82) is 0 Å². The van der Waals surface area contributed by atoms with Crippen molar-refractivity contribution in [2.24, 2.45) is 0 Å². The minimum Gasteiger partial charge on any atom is -0.508 e. The maximum atomic E-state index is 9.21. The number of hydrogen-bond donors (Lipinski definition) is 3. The third kappa shape index (κ3) is 1.78. The fourth-order valence-corrected chi connectivity index (χ4v) is 1.66. The summed E-state index contributed by atoms with van der Waals surface area (Å²) < 4.78 is 0. The lowest BCUT2D eigenvalue weighted by Gasteiger charge is -2.06. The minimum atomic E-state index is 0.247. The van der Waals surface area contributed by atoms with Gasteiger partial charge in [0.2, 0.25) is 0 Å². The fourth-order valence-electron chi connectivity index (χ4n) is 1.66. The van der Waals surface area contributed by atoms with Crippen molar-refractivity contribution in [3.63, 3.8) is 0 Å². The lowest BCUT2D eigenvalue weighted by Crippen LogP contribution is -1.91. The van der Waals surface area contributed by atoms with Crippen LogP contribution >= 0.6 is 0 Å². The van der Waals surface area contributed by atoms with Gasteiger partial charge < -0.3 is 10.4 Å². The summed E-state index contributed by atoms with van der Waals surface area (Å²) in [6.45, 7) is 0. The molecule has 3 aromatic rings. The summed E-state index contributed by atoms with van der Waals surface area (Å²) in [6, 6.07) is 8.74. The second-order valence-corrected chi connectivity index (χ2v) is 3.66. The number of phenolic OH excluding ortho intramolecular Hbond substituents is 1. The van der Waals surface area contributed by atoms with Gasteiger partial charge in [-0.1, -0.05) is 0 Å². The molecule has 0 fully saturated rings. The summed E-state index contributed by atoms with van der Waals surface area (Å²) in [5.41, 5.74) is 3.47. The highest BCUT2D eigenvalue weighted by atomic mass is 16.3. The quantitative estimate of drug-likeness (QED) is 0.586. The molecule has 2 heterocycles. The second kappa shape index (κ2) is 3.79. The van der Waals surface area contributed by atoms with Crippen LogP contribution in [0.4, 0.5) is 11.4 Å². The van der Waals surface area contributed by atoms with Gasteiger partial charge in [-0.15, -0.1) is 0 Å². The fraction of sp³-hybridized carbons (Fsp3) is 0. The number of benzene rings is 1. The number of aromatic amines is 1. The van der Waals surface area contributed by atoms with Crippen LogP contribution in [-0.2, 0) is 0 Å². The zero-order chi connectivity index (χ0) is 11.7. The van der Waals surface area contributed by atoms with Crippen molar-refractivity contribution < 1.29 is 5.11 Å². The van der Waals surface area contributed by atoms with Gasteiger partial charge in [0, 0.05) is 11.9 Å². The van der Waals surface area contributed by atoms with E-state index in [0.29, 0.717) is 0 Å². The van der Waals surface area contributed by atoms with Crippen LogP contribution in [0, 0.1) is 0 Å². The molecule has 1 aromatic carbocycles. The van der Waals surface area contributed by atoms with Crippen molar-refractivity contribution in [3.05, 3.63) is 42.7 Å². The molecule has 0 saturated heterocycles. The number of phenols is 1. The number of aromatic hydroxyl groups is 1. The van der Waals surface area contributed by atoms with Crippen LogP contribution in [0.1, 0.15) is 0 Å². The van der Waals surface area contributed by atoms with E-state index < -0.39 is 0 Å². The lowest BCUT2D eigenvalue weighted by molar-refractivity contribution is 0.475. The van der Waals surface area contributed by atoms with E-state index in [4.69, 9.17) is 0 Å². The van der Waals surface area contributed by atoms with Crippen LogP contribution in [0.25, 0.3) is 11.0 Å². The van der Waals surface area contributed by atoms with Crippen molar-refractivity contribution in [1.82, 2.24) is 15.2 Å². The molecule has 2 aromatic heterocycles. The standard InChI is InChI=1S/C12H10N4O/c17-9-3-1-8(2-4-9)15-10-5-6-13-11-7-14-16-12(10)11/h1-7,17H,(H,13,15)(H,14,16). The van der Waals surface area contributed by atoms with Gasteiger partial charge in [-0.2, -0.15) is 5.10 Å². The highest BCUT2D eigenvalue weighted by Crippen LogP contribution is 2.23. The Bertz CT molecular complexity index is 645. The molecule has 0 unspecified atom stereocenters. The molecule has 0 aliphatic carbocycles. The van der Waals surface area contributed by atoms with E-state index in [2.05, 4.69) is 20.5 Å². The van der Waals surface area contributed by atoms with Crippen LogP contribution in [0.15, 0.2) is 42.7 Å². The number of nitrogens with one attached hydrogen (secondary N) is 2. The van der Waals surface area contributed by atoms with Crippen LogP contribution in [-0.4, -0.2) is 20.3 Å². The number of rotatable bonds is 2. The highest BCUT2D eigenvalue weighted by Gasteiger charge is 2.03. The molecule has 5 nitrogen and oxygen atoms in total. The van der Waals surface area contributed by atoms with Gasteiger partial charge in [0.1, 0.15) is 16.8 Å². The minimum absolute atomic E-state index is 0.247. The van der Waals surface area contributed by atoms with Gasteiger partial charge in [-0.25, -0.2) is 0 Å². The zero-order valence-corrected chi connectivity index (χ0v) is 8.88. The monoisotopic (exact) mass is 226 g/mol. The summed E-state index contributed by atoms with van der Waals surface area (Å²) >= 11 is 0. The Morgan fingerprint density at radius 1 is 1.12 bits per heavy atom. The molecule has 0 aliphatic heterocycles. The molecule has 17 heavy (non-hydrogen) atoms. The smallest absolute Gasteiger partial charge is 0.115 e. The van der Waals surface area contributed by atoms with E-state index in [1.807, 2.05) is 6.07 Å². The summed E-state index contributed by atoms with van der Waals surface area (Å²) in [6.07, 6.45) is 3.40. The van der Waals surface area contributed by atoms with Gasteiger partial charge >= 0.3 is 0 Å².